The van der Waals surface area contributed by atoms with Crippen molar-refractivity contribution in [1.29, 1.82) is 0 Å². The monoisotopic (exact) mass is 396 g/mol. The molecule has 27 heavy (non-hydrogen) atoms. The van der Waals surface area contributed by atoms with E-state index in [0.29, 0.717) is 11.4 Å². The predicted octanol–water partition coefficient (Wildman–Crippen LogP) is 4.38. The highest BCUT2D eigenvalue weighted by molar-refractivity contribution is 6.31. The van der Waals surface area contributed by atoms with Gasteiger partial charge in [-0.15, -0.1) is 0 Å². The van der Waals surface area contributed by atoms with Crippen molar-refractivity contribution in [2.45, 2.75) is 19.0 Å². The highest BCUT2D eigenvalue weighted by atomic mass is 35.5. The van der Waals surface area contributed by atoms with E-state index in [2.05, 4.69) is 20.4 Å². The van der Waals surface area contributed by atoms with E-state index in [9.17, 15) is 18.0 Å². The van der Waals surface area contributed by atoms with E-state index in [1.54, 1.807) is 24.5 Å². The van der Waals surface area contributed by atoms with Crippen LogP contribution < -0.4 is 5.32 Å². The van der Waals surface area contributed by atoms with Crippen LogP contribution >= 0.6 is 11.6 Å². The molecule has 0 spiro atoms. The van der Waals surface area contributed by atoms with Crippen LogP contribution in [0.4, 0.5) is 18.9 Å². The number of carbonyl (C=O) groups excluding carboxylic acids is 1. The summed E-state index contributed by atoms with van der Waals surface area (Å²) in [6.45, 7) is 0. The van der Waals surface area contributed by atoms with Gasteiger partial charge in [0.05, 0.1) is 10.6 Å². The van der Waals surface area contributed by atoms with Crippen LogP contribution in [0.1, 0.15) is 17.9 Å². The fourth-order valence-corrected chi connectivity index (χ4v) is 2.46. The minimum absolute atomic E-state index is 0.00157. The smallest absolute Gasteiger partial charge is 0.339 e. The number of nitrogens with zero attached hydrogens (tertiary/aromatic N) is 3. The molecule has 0 saturated heterocycles. The fourth-order valence-electron chi connectivity index (χ4n) is 2.23. The zero-order valence-corrected chi connectivity index (χ0v) is 14.4. The Bertz CT molecular complexity index is 945. The fraction of sp³-hybridized carbons (Fsp3) is 0.176. The number of rotatable bonds is 5. The molecule has 0 aliphatic carbocycles. The van der Waals surface area contributed by atoms with Crippen LogP contribution in [0, 0.1) is 0 Å². The summed E-state index contributed by atoms with van der Waals surface area (Å²) in [5.74, 6) is 0.0775. The van der Waals surface area contributed by atoms with Crippen molar-refractivity contribution in [2.75, 3.05) is 5.32 Å². The highest BCUT2D eigenvalue weighted by Gasteiger charge is 2.33. The normalized spacial score (nSPS) is 11.4. The lowest BCUT2D eigenvalue weighted by Crippen LogP contribution is -2.14. The largest absolute Gasteiger partial charge is 0.417 e. The first-order chi connectivity index (χ1) is 12.8. The number of hydrogen-bond acceptors (Lipinski definition) is 5. The molecule has 0 bridgehead atoms. The van der Waals surface area contributed by atoms with Gasteiger partial charge >= 0.3 is 6.18 Å². The topological polar surface area (TPSA) is 80.9 Å². The molecular formula is C17H12ClF3N4O2. The summed E-state index contributed by atoms with van der Waals surface area (Å²) in [6, 6.07) is 6.64. The lowest BCUT2D eigenvalue weighted by Gasteiger charge is -2.11. The van der Waals surface area contributed by atoms with Crippen LogP contribution in [-0.2, 0) is 17.4 Å². The predicted molar refractivity (Wildman–Crippen MR) is 90.9 cm³/mol. The Labute approximate surface area is 156 Å². The molecular weight excluding hydrogens is 385 g/mol. The molecule has 2 heterocycles. The Kier molecular flexibility index (Phi) is 5.41. The summed E-state index contributed by atoms with van der Waals surface area (Å²) in [5, 5.41) is 5.76. The van der Waals surface area contributed by atoms with Gasteiger partial charge in [0.25, 0.3) is 0 Å². The Balaban J connectivity index is 1.60. The summed E-state index contributed by atoms with van der Waals surface area (Å²) in [5.41, 5.74) is -0.351. The van der Waals surface area contributed by atoms with Crippen LogP contribution in [-0.4, -0.2) is 21.0 Å². The van der Waals surface area contributed by atoms with Gasteiger partial charge in [0, 0.05) is 36.5 Å². The summed E-state index contributed by atoms with van der Waals surface area (Å²) in [7, 11) is 0. The number of nitrogens with one attached hydrogen (secondary N) is 1. The second kappa shape index (κ2) is 7.75. The van der Waals surface area contributed by atoms with Crippen molar-refractivity contribution in [3.63, 3.8) is 0 Å². The summed E-state index contributed by atoms with van der Waals surface area (Å²) >= 11 is 5.55. The Morgan fingerprint density at radius 1 is 1.26 bits per heavy atom. The highest BCUT2D eigenvalue weighted by Crippen LogP contribution is 2.36. The maximum Gasteiger partial charge on any atom is 0.417 e. The van der Waals surface area contributed by atoms with Crippen molar-refractivity contribution in [1.82, 2.24) is 15.1 Å². The molecule has 0 atom stereocenters. The molecule has 0 radical (unpaired) electrons. The molecule has 1 aromatic carbocycles. The summed E-state index contributed by atoms with van der Waals surface area (Å²) in [6.07, 6.45) is -1.34. The van der Waals surface area contributed by atoms with Gasteiger partial charge < -0.3 is 9.84 Å². The molecule has 10 heteroatoms. The van der Waals surface area contributed by atoms with E-state index < -0.39 is 22.7 Å². The van der Waals surface area contributed by atoms with Crippen LogP contribution in [0.3, 0.4) is 0 Å². The van der Waals surface area contributed by atoms with Gasteiger partial charge in [0.1, 0.15) is 0 Å². The summed E-state index contributed by atoms with van der Waals surface area (Å²) < 4.78 is 43.6. The zero-order valence-electron chi connectivity index (χ0n) is 13.6. The van der Waals surface area contributed by atoms with Crippen LogP contribution in [0.15, 0.2) is 47.2 Å². The molecule has 6 nitrogen and oxygen atoms in total. The first-order valence-corrected chi connectivity index (χ1v) is 8.10. The van der Waals surface area contributed by atoms with Gasteiger partial charge in [-0.2, -0.15) is 18.2 Å². The lowest BCUT2D eigenvalue weighted by molar-refractivity contribution is -0.137. The third kappa shape index (κ3) is 4.82. The number of alkyl halides is 3. The van der Waals surface area contributed by atoms with Gasteiger partial charge in [-0.1, -0.05) is 16.8 Å². The number of hydrogen-bond donors (Lipinski definition) is 1. The molecule has 2 aromatic heterocycles. The Morgan fingerprint density at radius 3 is 2.78 bits per heavy atom. The molecule has 0 saturated carbocycles. The van der Waals surface area contributed by atoms with Crippen molar-refractivity contribution in [2.24, 2.45) is 0 Å². The lowest BCUT2D eigenvalue weighted by atomic mass is 10.2. The standard InChI is InChI=1S/C17H12ClF3N4O2/c18-13-4-3-11(8-12(13)17(19,20)21)23-14(26)5-6-15-24-16(25-27-15)10-2-1-7-22-9-10/h1-4,7-9H,5-6H2,(H,23,26). The molecule has 0 fully saturated rings. The van der Waals surface area contributed by atoms with Gasteiger partial charge in [0.15, 0.2) is 0 Å². The first-order valence-electron chi connectivity index (χ1n) is 7.72. The van der Waals surface area contributed by atoms with Crippen molar-refractivity contribution in [3.05, 3.63) is 59.2 Å². The third-order valence-corrected chi connectivity index (χ3v) is 3.84. The van der Waals surface area contributed by atoms with E-state index >= 15 is 0 Å². The van der Waals surface area contributed by atoms with Gasteiger partial charge in [-0.3, -0.25) is 9.78 Å². The minimum Gasteiger partial charge on any atom is -0.339 e. The molecule has 0 aliphatic rings. The van der Waals surface area contributed by atoms with Gasteiger partial charge in [-0.25, -0.2) is 0 Å². The Morgan fingerprint density at radius 2 is 2.07 bits per heavy atom. The molecule has 1 N–H and O–H groups in total. The Hall–Kier alpha value is -2.94. The molecule has 1 amide bonds. The van der Waals surface area contributed by atoms with E-state index in [1.807, 2.05) is 0 Å². The SMILES string of the molecule is O=C(CCc1nc(-c2cccnc2)no1)Nc1ccc(Cl)c(C(F)(F)F)c1. The molecule has 0 aliphatic heterocycles. The second-order valence-electron chi connectivity index (χ2n) is 5.49. The molecule has 3 rings (SSSR count). The van der Waals surface area contributed by atoms with E-state index in [4.69, 9.17) is 16.1 Å². The first kappa shape index (κ1) is 18.8. The maximum atomic E-state index is 12.8. The quantitative estimate of drug-likeness (QED) is 0.692. The number of anilines is 1. The number of pyridine rings is 1. The van der Waals surface area contributed by atoms with Crippen LogP contribution in [0.5, 0.6) is 0 Å². The van der Waals surface area contributed by atoms with Crippen LogP contribution in [0.25, 0.3) is 11.4 Å². The number of benzene rings is 1. The molecule has 3 aromatic rings. The number of aryl methyl sites for hydroxylation is 1. The van der Waals surface area contributed by atoms with Gasteiger partial charge in [-0.05, 0) is 30.3 Å². The zero-order chi connectivity index (χ0) is 19.4. The summed E-state index contributed by atoms with van der Waals surface area (Å²) in [4.78, 5) is 20.1. The van der Waals surface area contributed by atoms with E-state index in [0.717, 1.165) is 12.1 Å². The van der Waals surface area contributed by atoms with Crippen molar-refractivity contribution in [3.8, 4) is 11.4 Å². The number of aromatic nitrogens is 3. The third-order valence-electron chi connectivity index (χ3n) is 3.51. The molecule has 140 valence electrons. The van der Waals surface area contributed by atoms with E-state index in [1.165, 1.54) is 6.07 Å². The number of halogens is 4. The average molecular weight is 397 g/mol. The minimum atomic E-state index is -4.61. The molecule has 0 unspecified atom stereocenters. The van der Waals surface area contributed by atoms with Crippen molar-refractivity contribution >= 4 is 23.2 Å². The maximum absolute atomic E-state index is 12.8. The number of carbonyl (C=O) groups is 1. The number of amides is 1. The van der Waals surface area contributed by atoms with Gasteiger partial charge in [0.2, 0.25) is 17.6 Å². The second-order valence-corrected chi connectivity index (χ2v) is 5.90. The van der Waals surface area contributed by atoms with Crippen LogP contribution in [0.2, 0.25) is 5.02 Å². The van der Waals surface area contributed by atoms with E-state index in [-0.39, 0.29) is 24.4 Å². The average Bonchev–Trinajstić information content (AvgIpc) is 3.10. The van der Waals surface area contributed by atoms with Crippen molar-refractivity contribution < 1.29 is 22.5 Å².